The number of benzene rings is 1. The number of rotatable bonds is 2. The number of halogens is 1. The maximum absolute atomic E-state index is 9.33. The number of aliphatic hydroxyl groups excluding tert-OH is 1. The highest BCUT2D eigenvalue weighted by Crippen LogP contribution is 2.41. The lowest BCUT2D eigenvalue weighted by molar-refractivity contribution is 0.173. The van der Waals surface area contributed by atoms with Gasteiger partial charge in [0, 0.05) is 9.89 Å². The molecule has 1 aliphatic rings. The molecule has 82 valence electrons. The molecule has 1 aromatic carbocycles. The lowest BCUT2D eigenvalue weighted by Crippen LogP contribution is -2.22. The molecule has 4 heteroatoms. The van der Waals surface area contributed by atoms with Crippen molar-refractivity contribution in [3.8, 4) is 11.5 Å². The normalized spacial score (nSPS) is 14.4. The van der Waals surface area contributed by atoms with Crippen LogP contribution in [-0.2, 0) is 5.41 Å². The van der Waals surface area contributed by atoms with Gasteiger partial charge in [-0.25, -0.2) is 0 Å². The lowest BCUT2D eigenvalue weighted by Gasteiger charge is -2.23. The molecule has 0 saturated heterocycles. The first-order chi connectivity index (χ1) is 7.04. The van der Waals surface area contributed by atoms with Crippen LogP contribution in [0.1, 0.15) is 19.4 Å². The molecule has 0 amide bonds. The zero-order valence-corrected chi connectivity index (χ0v) is 10.3. The summed E-state index contributed by atoms with van der Waals surface area (Å²) in [7, 11) is 0. The third-order valence-corrected chi connectivity index (χ3v) is 3.24. The Morgan fingerprint density at radius 2 is 1.93 bits per heavy atom. The maximum Gasteiger partial charge on any atom is 0.231 e. The van der Waals surface area contributed by atoms with Crippen LogP contribution in [0.4, 0.5) is 0 Å². The molecule has 0 saturated carbocycles. The second-order valence-electron chi connectivity index (χ2n) is 4.23. The lowest BCUT2D eigenvalue weighted by atomic mass is 9.85. The van der Waals surface area contributed by atoms with Gasteiger partial charge in [0.2, 0.25) is 6.79 Å². The van der Waals surface area contributed by atoms with Gasteiger partial charge in [0.05, 0.1) is 6.61 Å². The van der Waals surface area contributed by atoms with E-state index in [2.05, 4.69) is 15.9 Å². The minimum absolute atomic E-state index is 0.0885. The first kappa shape index (κ1) is 10.8. The topological polar surface area (TPSA) is 38.7 Å². The molecule has 2 rings (SSSR count). The summed E-state index contributed by atoms with van der Waals surface area (Å²) in [6.07, 6.45) is 0. The largest absolute Gasteiger partial charge is 0.454 e. The summed E-state index contributed by atoms with van der Waals surface area (Å²) >= 11 is 3.48. The van der Waals surface area contributed by atoms with E-state index in [1.807, 2.05) is 26.0 Å². The van der Waals surface area contributed by atoms with Crippen LogP contribution in [0.15, 0.2) is 16.6 Å². The van der Waals surface area contributed by atoms with Gasteiger partial charge in [0.1, 0.15) is 0 Å². The molecule has 0 unspecified atom stereocenters. The van der Waals surface area contributed by atoms with Crippen molar-refractivity contribution < 1.29 is 14.6 Å². The first-order valence-corrected chi connectivity index (χ1v) is 5.54. The number of hydrogen-bond donors (Lipinski definition) is 1. The summed E-state index contributed by atoms with van der Waals surface area (Å²) in [5.41, 5.74) is 0.731. The molecule has 3 nitrogen and oxygen atoms in total. The smallest absolute Gasteiger partial charge is 0.231 e. The molecule has 0 aliphatic carbocycles. The van der Waals surface area contributed by atoms with Crippen LogP contribution >= 0.6 is 15.9 Å². The van der Waals surface area contributed by atoms with E-state index in [0.29, 0.717) is 0 Å². The van der Waals surface area contributed by atoms with Gasteiger partial charge in [0.15, 0.2) is 11.5 Å². The van der Waals surface area contributed by atoms with Crippen LogP contribution in [0.2, 0.25) is 0 Å². The van der Waals surface area contributed by atoms with Crippen molar-refractivity contribution in [1.82, 2.24) is 0 Å². The fourth-order valence-corrected chi connectivity index (χ4v) is 2.38. The van der Waals surface area contributed by atoms with Gasteiger partial charge in [-0.3, -0.25) is 0 Å². The van der Waals surface area contributed by atoms with Gasteiger partial charge < -0.3 is 14.6 Å². The predicted molar refractivity (Wildman–Crippen MR) is 60.4 cm³/mol. The van der Waals surface area contributed by atoms with Gasteiger partial charge in [-0.05, 0) is 17.7 Å². The number of ether oxygens (including phenoxy) is 2. The molecular formula is C11H13BrO3. The average molecular weight is 273 g/mol. The average Bonchev–Trinajstić information content (AvgIpc) is 2.63. The Morgan fingerprint density at radius 1 is 1.33 bits per heavy atom. The van der Waals surface area contributed by atoms with Crippen LogP contribution in [0.3, 0.4) is 0 Å². The molecule has 0 bridgehead atoms. The van der Waals surface area contributed by atoms with Crippen LogP contribution in [0.25, 0.3) is 0 Å². The molecule has 1 aliphatic heterocycles. The van der Waals surface area contributed by atoms with Crippen molar-refractivity contribution in [2.75, 3.05) is 13.4 Å². The summed E-state index contributed by atoms with van der Waals surface area (Å²) in [6.45, 7) is 4.32. The number of fused-ring (bicyclic) bond motifs is 1. The van der Waals surface area contributed by atoms with Crippen molar-refractivity contribution in [2.24, 2.45) is 0 Å². The molecule has 0 aromatic heterocycles. The molecule has 0 fully saturated rings. The van der Waals surface area contributed by atoms with E-state index < -0.39 is 0 Å². The predicted octanol–water partition coefficient (Wildman–Crippen LogP) is 2.45. The van der Waals surface area contributed by atoms with Gasteiger partial charge >= 0.3 is 0 Å². The van der Waals surface area contributed by atoms with Crippen molar-refractivity contribution >= 4 is 15.9 Å². The minimum Gasteiger partial charge on any atom is -0.454 e. The highest BCUT2D eigenvalue weighted by molar-refractivity contribution is 9.10. The highest BCUT2D eigenvalue weighted by atomic mass is 79.9. The van der Waals surface area contributed by atoms with Crippen molar-refractivity contribution in [1.29, 1.82) is 0 Å². The third kappa shape index (κ3) is 1.84. The van der Waals surface area contributed by atoms with Gasteiger partial charge in [-0.15, -0.1) is 0 Å². The van der Waals surface area contributed by atoms with Crippen LogP contribution in [-0.4, -0.2) is 18.5 Å². The molecule has 0 radical (unpaired) electrons. The van der Waals surface area contributed by atoms with E-state index in [4.69, 9.17) is 9.47 Å². The van der Waals surface area contributed by atoms with E-state index >= 15 is 0 Å². The summed E-state index contributed by atoms with van der Waals surface area (Å²) in [6, 6.07) is 3.80. The van der Waals surface area contributed by atoms with Gasteiger partial charge in [-0.2, -0.15) is 0 Å². The summed E-state index contributed by atoms with van der Waals surface area (Å²) < 4.78 is 11.5. The van der Waals surface area contributed by atoms with E-state index in [1.54, 1.807) is 0 Å². The molecule has 0 spiro atoms. The quantitative estimate of drug-likeness (QED) is 0.899. The fourth-order valence-electron chi connectivity index (χ4n) is 1.52. The Bertz CT molecular complexity index is 388. The molecule has 0 atom stereocenters. The Labute approximate surface area is 97.1 Å². The summed E-state index contributed by atoms with van der Waals surface area (Å²) in [5, 5.41) is 9.33. The second kappa shape index (κ2) is 3.68. The SMILES string of the molecule is CC(C)(CO)c1cc2c(cc1Br)OCO2. The van der Waals surface area contributed by atoms with Crippen molar-refractivity contribution in [3.05, 3.63) is 22.2 Å². The monoisotopic (exact) mass is 272 g/mol. The van der Waals surface area contributed by atoms with Crippen LogP contribution < -0.4 is 9.47 Å². The standard InChI is InChI=1S/C11H13BrO3/c1-11(2,5-13)7-3-9-10(4-8(7)12)15-6-14-9/h3-4,13H,5-6H2,1-2H3. The van der Waals surface area contributed by atoms with Crippen LogP contribution in [0.5, 0.6) is 11.5 Å². The molecule has 1 heterocycles. The second-order valence-corrected chi connectivity index (χ2v) is 5.08. The minimum atomic E-state index is -0.292. The van der Waals surface area contributed by atoms with E-state index in [9.17, 15) is 5.11 Å². The Hall–Kier alpha value is -0.740. The van der Waals surface area contributed by atoms with E-state index in [1.165, 1.54) is 0 Å². The first-order valence-electron chi connectivity index (χ1n) is 4.75. The number of aliphatic hydroxyl groups is 1. The molecular weight excluding hydrogens is 260 g/mol. The van der Waals surface area contributed by atoms with Gasteiger partial charge in [-0.1, -0.05) is 29.8 Å². The highest BCUT2D eigenvalue weighted by Gasteiger charge is 2.26. The Kier molecular flexibility index (Phi) is 2.64. The molecule has 1 aromatic rings. The molecule has 1 N–H and O–H groups in total. The Morgan fingerprint density at radius 3 is 2.53 bits per heavy atom. The third-order valence-electron chi connectivity index (χ3n) is 2.59. The zero-order valence-electron chi connectivity index (χ0n) is 8.71. The van der Waals surface area contributed by atoms with Crippen molar-refractivity contribution in [3.63, 3.8) is 0 Å². The van der Waals surface area contributed by atoms with Crippen molar-refractivity contribution in [2.45, 2.75) is 19.3 Å². The van der Waals surface area contributed by atoms with Crippen LogP contribution in [0, 0.1) is 0 Å². The summed E-state index contributed by atoms with van der Waals surface area (Å²) in [4.78, 5) is 0. The van der Waals surface area contributed by atoms with E-state index in [0.717, 1.165) is 21.5 Å². The van der Waals surface area contributed by atoms with E-state index in [-0.39, 0.29) is 18.8 Å². The zero-order chi connectivity index (χ0) is 11.1. The summed E-state index contributed by atoms with van der Waals surface area (Å²) in [5.74, 6) is 1.49. The Balaban J connectivity index is 2.49. The molecule has 15 heavy (non-hydrogen) atoms. The maximum atomic E-state index is 9.33. The number of hydrogen-bond acceptors (Lipinski definition) is 3. The van der Waals surface area contributed by atoms with Gasteiger partial charge in [0.25, 0.3) is 0 Å². The fraction of sp³-hybridized carbons (Fsp3) is 0.455.